The van der Waals surface area contributed by atoms with Gasteiger partial charge in [-0.25, -0.2) is 0 Å². The predicted octanol–water partition coefficient (Wildman–Crippen LogP) is 1.50. The minimum Gasteiger partial charge on any atom is -0.487 e. The molecular weight excluding hydrogens is 252 g/mol. The number of benzene rings is 1. The fourth-order valence-corrected chi connectivity index (χ4v) is 1.58. The second kappa shape index (κ2) is 5.44. The summed E-state index contributed by atoms with van der Waals surface area (Å²) < 4.78 is 10.3. The van der Waals surface area contributed by atoms with Crippen LogP contribution in [0.5, 0.6) is 5.75 Å². The molecule has 0 saturated heterocycles. The zero-order valence-corrected chi connectivity index (χ0v) is 10.2. The van der Waals surface area contributed by atoms with Gasteiger partial charge in [-0.2, -0.15) is 4.98 Å². The standard InChI is InChI=1S/C11H12N4O4/c1-2-18-10-7(4-3-5-8(10)15(16)17)11-13-9(6-12)14-19-11/h3-5H,2,6,12H2,1H3. The van der Waals surface area contributed by atoms with Crippen molar-refractivity contribution in [2.75, 3.05) is 6.61 Å². The van der Waals surface area contributed by atoms with Crippen LogP contribution in [0.2, 0.25) is 0 Å². The van der Waals surface area contributed by atoms with Gasteiger partial charge in [-0.3, -0.25) is 10.1 Å². The summed E-state index contributed by atoms with van der Waals surface area (Å²) in [6.07, 6.45) is 0. The number of nitrogens with zero attached hydrogens (tertiary/aromatic N) is 3. The third-order valence-corrected chi connectivity index (χ3v) is 2.36. The van der Waals surface area contributed by atoms with Crippen molar-refractivity contribution in [3.63, 3.8) is 0 Å². The summed E-state index contributed by atoms with van der Waals surface area (Å²) in [5.41, 5.74) is 5.62. The highest BCUT2D eigenvalue weighted by molar-refractivity contribution is 5.69. The van der Waals surface area contributed by atoms with Crippen molar-refractivity contribution in [3.05, 3.63) is 34.1 Å². The molecule has 2 rings (SSSR count). The molecule has 0 atom stereocenters. The highest BCUT2D eigenvalue weighted by Gasteiger charge is 2.23. The largest absolute Gasteiger partial charge is 0.487 e. The third-order valence-electron chi connectivity index (χ3n) is 2.36. The number of nitrogens with two attached hydrogens (primary N) is 1. The minimum absolute atomic E-state index is 0.113. The molecule has 2 aromatic rings. The maximum Gasteiger partial charge on any atom is 0.311 e. The first-order valence-corrected chi connectivity index (χ1v) is 5.60. The third kappa shape index (κ3) is 2.52. The van der Waals surface area contributed by atoms with Crippen LogP contribution in [-0.2, 0) is 6.54 Å². The molecule has 1 heterocycles. The average molecular weight is 264 g/mol. The van der Waals surface area contributed by atoms with Gasteiger partial charge in [0.05, 0.1) is 23.6 Å². The zero-order valence-electron chi connectivity index (χ0n) is 10.2. The number of para-hydroxylation sites is 1. The second-order valence-electron chi connectivity index (χ2n) is 3.56. The van der Waals surface area contributed by atoms with Gasteiger partial charge < -0.3 is 15.0 Å². The Morgan fingerprint density at radius 1 is 1.53 bits per heavy atom. The molecule has 0 fully saturated rings. The number of rotatable bonds is 5. The summed E-state index contributed by atoms with van der Waals surface area (Å²) in [5, 5.41) is 14.6. The molecule has 8 nitrogen and oxygen atoms in total. The van der Waals surface area contributed by atoms with Gasteiger partial charge in [0.15, 0.2) is 5.82 Å². The van der Waals surface area contributed by atoms with E-state index in [2.05, 4.69) is 10.1 Å². The van der Waals surface area contributed by atoms with E-state index in [1.54, 1.807) is 13.0 Å². The molecule has 19 heavy (non-hydrogen) atoms. The van der Waals surface area contributed by atoms with Gasteiger partial charge in [0.2, 0.25) is 5.75 Å². The zero-order chi connectivity index (χ0) is 13.8. The van der Waals surface area contributed by atoms with E-state index in [1.165, 1.54) is 12.1 Å². The number of hydrogen-bond donors (Lipinski definition) is 1. The quantitative estimate of drug-likeness (QED) is 0.642. The molecule has 0 aliphatic heterocycles. The lowest BCUT2D eigenvalue weighted by atomic mass is 10.1. The van der Waals surface area contributed by atoms with Crippen LogP contribution in [-0.4, -0.2) is 21.7 Å². The molecule has 0 radical (unpaired) electrons. The van der Waals surface area contributed by atoms with Gasteiger partial charge in [-0.15, -0.1) is 0 Å². The topological polar surface area (TPSA) is 117 Å². The summed E-state index contributed by atoms with van der Waals surface area (Å²) in [4.78, 5) is 14.5. The molecule has 1 aromatic heterocycles. The summed E-state index contributed by atoms with van der Waals surface area (Å²) in [6, 6.07) is 4.50. The van der Waals surface area contributed by atoms with Crippen molar-refractivity contribution in [2.24, 2.45) is 5.73 Å². The molecule has 0 aliphatic carbocycles. The molecule has 0 bridgehead atoms. The van der Waals surface area contributed by atoms with Gasteiger partial charge in [0, 0.05) is 6.07 Å². The Morgan fingerprint density at radius 2 is 2.32 bits per heavy atom. The van der Waals surface area contributed by atoms with Crippen LogP contribution in [0, 0.1) is 10.1 Å². The molecule has 8 heteroatoms. The summed E-state index contributed by atoms with van der Waals surface area (Å²) in [6.45, 7) is 2.15. The number of nitro groups is 1. The van der Waals surface area contributed by atoms with Crippen molar-refractivity contribution >= 4 is 5.69 Å². The fraction of sp³-hybridized carbons (Fsp3) is 0.273. The van der Waals surface area contributed by atoms with Crippen molar-refractivity contribution in [1.29, 1.82) is 0 Å². The van der Waals surface area contributed by atoms with Crippen LogP contribution in [0.1, 0.15) is 12.7 Å². The summed E-state index contributed by atoms with van der Waals surface area (Å²) in [7, 11) is 0. The van der Waals surface area contributed by atoms with E-state index in [-0.39, 0.29) is 30.5 Å². The van der Waals surface area contributed by atoms with Gasteiger partial charge in [0.1, 0.15) is 0 Å². The lowest BCUT2D eigenvalue weighted by molar-refractivity contribution is -0.385. The molecule has 0 spiro atoms. The smallest absolute Gasteiger partial charge is 0.311 e. The van der Waals surface area contributed by atoms with E-state index < -0.39 is 4.92 Å². The first-order valence-electron chi connectivity index (χ1n) is 5.60. The van der Waals surface area contributed by atoms with Crippen LogP contribution in [0.15, 0.2) is 22.7 Å². The van der Waals surface area contributed by atoms with Gasteiger partial charge in [-0.05, 0) is 13.0 Å². The second-order valence-corrected chi connectivity index (χ2v) is 3.56. The SMILES string of the molecule is CCOc1c(-c2nc(CN)no2)cccc1[N+](=O)[O-]. The molecule has 100 valence electrons. The van der Waals surface area contributed by atoms with E-state index >= 15 is 0 Å². The number of aromatic nitrogens is 2. The number of hydrogen-bond acceptors (Lipinski definition) is 7. The van der Waals surface area contributed by atoms with Crippen molar-refractivity contribution in [2.45, 2.75) is 13.5 Å². The van der Waals surface area contributed by atoms with Gasteiger partial charge in [-0.1, -0.05) is 11.2 Å². The monoisotopic (exact) mass is 264 g/mol. The first-order chi connectivity index (χ1) is 9.17. The van der Waals surface area contributed by atoms with E-state index in [4.69, 9.17) is 15.0 Å². The predicted molar refractivity (Wildman–Crippen MR) is 65.4 cm³/mol. The van der Waals surface area contributed by atoms with E-state index in [9.17, 15) is 10.1 Å². The Bertz CT molecular complexity index is 596. The molecule has 0 saturated carbocycles. The average Bonchev–Trinajstić information content (AvgIpc) is 2.87. The van der Waals surface area contributed by atoms with Crippen LogP contribution >= 0.6 is 0 Å². The van der Waals surface area contributed by atoms with Crippen LogP contribution in [0.3, 0.4) is 0 Å². The van der Waals surface area contributed by atoms with Crippen LogP contribution in [0.25, 0.3) is 11.5 Å². The van der Waals surface area contributed by atoms with Crippen LogP contribution < -0.4 is 10.5 Å². The Hall–Kier alpha value is -2.48. The Balaban J connectivity index is 2.55. The molecule has 1 aromatic carbocycles. The molecule has 0 unspecified atom stereocenters. The fourth-order valence-electron chi connectivity index (χ4n) is 1.58. The number of ether oxygens (including phenoxy) is 1. The Labute approximate surface area is 108 Å². The van der Waals surface area contributed by atoms with E-state index in [0.29, 0.717) is 11.4 Å². The summed E-state index contributed by atoms with van der Waals surface area (Å²) >= 11 is 0. The maximum absolute atomic E-state index is 11.0. The Kier molecular flexibility index (Phi) is 3.71. The molecule has 0 amide bonds. The van der Waals surface area contributed by atoms with Gasteiger partial charge in [0.25, 0.3) is 5.89 Å². The first kappa shape index (κ1) is 13.0. The number of nitro benzene ring substituents is 1. The Morgan fingerprint density at radius 3 is 2.89 bits per heavy atom. The van der Waals surface area contributed by atoms with Crippen molar-refractivity contribution < 1.29 is 14.2 Å². The highest BCUT2D eigenvalue weighted by atomic mass is 16.6. The maximum atomic E-state index is 11.0. The van der Waals surface area contributed by atoms with Crippen LogP contribution in [0.4, 0.5) is 5.69 Å². The van der Waals surface area contributed by atoms with Crippen molar-refractivity contribution in [1.82, 2.24) is 10.1 Å². The van der Waals surface area contributed by atoms with E-state index in [1.807, 2.05) is 0 Å². The lowest BCUT2D eigenvalue weighted by Gasteiger charge is -2.07. The normalized spacial score (nSPS) is 10.4. The molecular formula is C11H12N4O4. The summed E-state index contributed by atoms with van der Waals surface area (Å²) in [5.74, 6) is 0.582. The minimum atomic E-state index is -0.519. The highest BCUT2D eigenvalue weighted by Crippen LogP contribution is 2.37. The van der Waals surface area contributed by atoms with Gasteiger partial charge >= 0.3 is 5.69 Å². The molecule has 2 N–H and O–H groups in total. The van der Waals surface area contributed by atoms with E-state index in [0.717, 1.165) is 0 Å². The molecule has 0 aliphatic rings. The van der Waals surface area contributed by atoms with Crippen molar-refractivity contribution in [3.8, 4) is 17.2 Å². The lowest BCUT2D eigenvalue weighted by Crippen LogP contribution is -2.00.